The number of para-hydroxylation sites is 2. The number of aryl methyl sites for hydroxylation is 1. The molecule has 1 N–H and O–H groups in total. The molecule has 0 radical (unpaired) electrons. The molecule has 0 spiro atoms. The summed E-state index contributed by atoms with van der Waals surface area (Å²) in [6, 6.07) is 13.1. The van der Waals surface area contributed by atoms with Crippen LogP contribution in [0.3, 0.4) is 0 Å². The normalized spacial score (nSPS) is 17.7. The van der Waals surface area contributed by atoms with E-state index in [0.29, 0.717) is 35.0 Å². The van der Waals surface area contributed by atoms with Gasteiger partial charge in [-0.2, -0.15) is 0 Å². The summed E-state index contributed by atoms with van der Waals surface area (Å²) in [6.45, 7) is 4.79. The lowest BCUT2D eigenvalue weighted by Crippen LogP contribution is -2.33. The average molecular weight is 403 g/mol. The van der Waals surface area contributed by atoms with Gasteiger partial charge in [-0.15, -0.1) is 0 Å². The fraction of sp³-hybridized carbons (Fsp3) is 0.333. The van der Waals surface area contributed by atoms with Gasteiger partial charge in [0.05, 0.1) is 16.6 Å². The molecule has 0 aliphatic carbocycles. The first kappa shape index (κ1) is 18.9. The summed E-state index contributed by atoms with van der Waals surface area (Å²) in [5, 5.41) is 11.3. The van der Waals surface area contributed by atoms with Crippen LogP contribution in [0.25, 0.3) is 33.4 Å². The predicted molar refractivity (Wildman–Crippen MR) is 118 cm³/mol. The molecule has 3 heterocycles. The predicted octanol–water partition coefficient (Wildman–Crippen LogP) is 4.28. The Labute approximate surface area is 174 Å². The molecule has 0 saturated carbocycles. The van der Waals surface area contributed by atoms with Gasteiger partial charge in [0, 0.05) is 25.5 Å². The molecule has 5 rings (SSSR count). The zero-order valence-electron chi connectivity index (χ0n) is 17.3. The topological polar surface area (TPSA) is 71.5 Å². The van der Waals surface area contributed by atoms with E-state index in [0.717, 1.165) is 35.9 Å². The maximum atomic E-state index is 13.0. The molecule has 1 atom stereocenters. The number of fused-ring (bicyclic) bond motifs is 2. The van der Waals surface area contributed by atoms with Crippen molar-refractivity contribution in [1.29, 1.82) is 0 Å². The van der Waals surface area contributed by atoms with Crippen LogP contribution < -0.4 is 5.63 Å². The Hall–Kier alpha value is -3.12. The minimum Gasteiger partial charge on any atom is -0.507 e. The van der Waals surface area contributed by atoms with Crippen molar-refractivity contribution in [2.24, 2.45) is 13.0 Å². The fourth-order valence-electron chi connectivity index (χ4n) is 4.58. The maximum Gasteiger partial charge on any atom is 0.347 e. The first-order valence-corrected chi connectivity index (χ1v) is 10.4. The van der Waals surface area contributed by atoms with Crippen molar-refractivity contribution in [1.82, 2.24) is 14.5 Å². The number of rotatable bonds is 3. The number of phenolic OH excluding ortho intramolecular Hbond substituents is 1. The van der Waals surface area contributed by atoms with Crippen LogP contribution in [0, 0.1) is 5.92 Å². The maximum absolute atomic E-state index is 13.0. The Morgan fingerprint density at radius 2 is 2.07 bits per heavy atom. The van der Waals surface area contributed by atoms with Crippen LogP contribution in [0.5, 0.6) is 5.75 Å². The number of imidazole rings is 1. The standard InChI is InChI=1S/C24H25N3O3/c1-15-6-5-11-27(13-15)14-18-21(28)10-9-16-12-17(24(29)30-22(16)18)23-25-19-7-3-4-8-20(19)26(23)2/h3-4,7-10,12,15,28H,5-6,11,13-14H2,1-2H3/t15-/m1/s1. The Bertz CT molecular complexity index is 1300. The molecule has 1 aliphatic rings. The highest BCUT2D eigenvalue weighted by atomic mass is 16.4. The summed E-state index contributed by atoms with van der Waals surface area (Å²) in [5.41, 5.74) is 2.90. The summed E-state index contributed by atoms with van der Waals surface area (Å²) in [7, 11) is 1.90. The number of phenols is 1. The van der Waals surface area contributed by atoms with Crippen LogP contribution in [0.4, 0.5) is 0 Å². The summed E-state index contributed by atoms with van der Waals surface area (Å²) < 4.78 is 7.69. The SMILES string of the molecule is C[C@@H]1CCCN(Cc2c(O)ccc3cc(-c4nc5ccccc5n4C)c(=O)oc23)C1. The number of hydrogen-bond donors (Lipinski definition) is 1. The zero-order valence-corrected chi connectivity index (χ0v) is 17.3. The molecule has 4 aromatic rings. The van der Waals surface area contributed by atoms with E-state index in [4.69, 9.17) is 4.42 Å². The van der Waals surface area contributed by atoms with E-state index in [1.807, 2.05) is 41.9 Å². The second-order valence-electron chi connectivity index (χ2n) is 8.39. The average Bonchev–Trinajstić information content (AvgIpc) is 3.07. The van der Waals surface area contributed by atoms with Gasteiger partial charge in [-0.05, 0) is 55.6 Å². The van der Waals surface area contributed by atoms with Crippen molar-refractivity contribution in [3.05, 3.63) is 58.4 Å². The van der Waals surface area contributed by atoms with Gasteiger partial charge >= 0.3 is 5.63 Å². The second-order valence-corrected chi connectivity index (χ2v) is 8.39. The van der Waals surface area contributed by atoms with E-state index in [1.54, 1.807) is 12.1 Å². The van der Waals surface area contributed by atoms with E-state index < -0.39 is 5.63 Å². The number of benzene rings is 2. The van der Waals surface area contributed by atoms with Crippen molar-refractivity contribution < 1.29 is 9.52 Å². The summed E-state index contributed by atoms with van der Waals surface area (Å²) in [6.07, 6.45) is 2.38. The zero-order chi connectivity index (χ0) is 20.8. The molecule has 0 amide bonds. The number of aromatic nitrogens is 2. The van der Waals surface area contributed by atoms with Crippen molar-refractivity contribution >= 4 is 22.0 Å². The van der Waals surface area contributed by atoms with E-state index in [2.05, 4.69) is 16.8 Å². The molecular weight excluding hydrogens is 378 g/mol. The Balaban J connectivity index is 1.61. The molecule has 154 valence electrons. The van der Waals surface area contributed by atoms with Crippen LogP contribution in [-0.2, 0) is 13.6 Å². The smallest absolute Gasteiger partial charge is 0.347 e. The third-order valence-electron chi connectivity index (χ3n) is 6.13. The van der Waals surface area contributed by atoms with E-state index in [9.17, 15) is 9.90 Å². The van der Waals surface area contributed by atoms with E-state index >= 15 is 0 Å². The molecule has 6 nitrogen and oxygen atoms in total. The molecule has 2 aromatic carbocycles. The number of nitrogens with zero attached hydrogens (tertiary/aromatic N) is 3. The second kappa shape index (κ2) is 7.29. The minimum atomic E-state index is -0.445. The molecular formula is C24H25N3O3. The van der Waals surface area contributed by atoms with E-state index in [1.165, 1.54) is 6.42 Å². The molecule has 2 aromatic heterocycles. The highest BCUT2D eigenvalue weighted by molar-refractivity contribution is 5.87. The first-order valence-electron chi connectivity index (χ1n) is 10.4. The third-order valence-corrected chi connectivity index (χ3v) is 6.13. The summed E-state index contributed by atoms with van der Waals surface area (Å²) in [4.78, 5) is 19.9. The van der Waals surface area contributed by atoms with Gasteiger partial charge in [-0.25, -0.2) is 9.78 Å². The van der Waals surface area contributed by atoms with Crippen LogP contribution in [0.1, 0.15) is 25.3 Å². The quantitative estimate of drug-likeness (QED) is 0.517. The molecule has 30 heavy (non-hydrogen) atoms. The molecule has 6 heteroatoms. The van der Waals surface area contributed by atoms with Crippen molar-refractivity contribution in [2.45, 2.75) is 26.3 Å². The van der Waals surface area contributed by atoms with Gasteiger partial charge < -0.3 is 14.1 Å². The van der Waals surface area contributed by atoms with Gasteiger partial charge in [-0.3, -0.25) is 4.90 Å². The van der Waals surface area contributed by atoms with Crippen molar-refractivity contribution in [3.63, 3.8) is 0 Å². The minimum absolute atomic E-state index is 0.166. The monoisotopic (exact) mass is 403 g/mol. The molecule has 1 fully saturated rings. The Kier molecular flexibility index (Phi) is 4.59. The number of likely N-dealkylation sites (tertiary alicyclic amines) is 1. The molecule has 1 saturated heterocycles. The van der Waals surface area contributed by atoms with Gasteiger partial charge in [0.1, 0.15) is 22.7 Å². The lowest BCUT2D eigenvalue weighted by molar-refractivity contribution is 0.175. The van der Waals surface area contributed by atoms with Gasteiger partial charge in [-0.1, -0.05) is 19.1 Å². The Morgan fingerprint density at radius 1 is 1.23 bits per heavy atom. The lowest BCUT2D eigenvalue weighted by atomic mass is 9.99. The molecule has 1 aliphatic heterocycles. The van der Waals surface area contributed by atoms with Gasteiger partial charge in [0.2, 0.25) is 0 Å². The van der Waals surface area contributed by atoms with Crippen molar-refractivity contribution in [3.8, 4) is 17.1 Å². The van der Waals surface area contributed by atoms with Crippen LogP contribution in [0.2, 0.25) is 0 Å². The van der Waals surface area contributed by atoms with Crippen LogP contribution in [0.15, 0.2) is 51.7 Å². The molecule has 0 bridgehead atoms. The summed E-state index contributed by atoms with van der Waals surface area (Å²) in [5.74, 6) is 1.37. The van der Waals surface area contributed by atoms with Gasteiger partial charge in [0.15, 0.2) is 0 Å². The molecule has 0 unspecified atom stereocenters. The first-order chi connectivity index (χ1) is 14.5. The lowest BCUT2D eigenvalue weighted by Gasteiger charge is -2.31. The Morgan fingerprint density at radius 3 is 2.87 bits per heavy atom. The van der Waals surface area contributed by atoms with Crippen LogP contribution >= 0.6 is 0 Å². The van der Waals surface area contributed by atoms with E-state index in [-0.39, 0.29) is 5.75 Å². The highest BCUT2D eigenvalue weighted by Crippen LogP contribution is 2.31. The third kappa shape index (κ3) is 3.17. The number of aromatic hydroxyl groups is 1. The van der Waals surface area contributed by atoms with Crippen LogP contribution in [-0.4, -0.2) is 32.6 Å². The van der Waals surface area contributed by atoms with Gasteiger partial charge in [0.25, 0.3) is 0 Å². The summed E-state index contributed by atoms with van der Waals surface area (Å²) >= 11 is 0. The fourth-order valence-corrected chi connectivity index (χ4v) is 4.58. The largest absolute Gasteiger partial charge is 0.507 e. The number of piperidine rings is 1. The highest BCUT2D eigenvalue weighted by Gasteiger charge is 2.21. The van der Waals surface area contributed by atoms with Crippen molar-refractivity contribution in [2.75, 3.05) is 13.1 Å². The number of hydrogen-bond acceptors (Lipinski definition) is 5.